The summed E-state index contributed by atoms with van der Waals surface area (Å²) >= 11 is 7.73. The average molecular weight is 469 g/mol. The van der Waals surface area contributed by atoms with E-state index in [2.05, 4.69) is 0 Å². The minimum atomic E-state index is -0.559. The molecule has 1 aliphatic heterocycles. The summed E-state index contributed by atoms with van der Waals surface area (Å²) in [4.78, 5) is 29.4. The van der Waals surface area contributed by atoms with E-state index in [9.17, 15) is 9.59 Å². The lowest BCUT2D eigenvalue weighted by molar-refractivity contribution is -0.138. The van der Waals surface area contributed by atoms with Gasteiger partial charge in [-0.1, -0.05) is 23.7 Å². The fourth-order valence-electron chi connectivity index (χ4n) is 4.41. The number of hydrogen-bond donors (Lipinski definition) is 1. The molecule has 7 heteroatoms. The number of nitrogens with two attached hydrogens (primary N) is 1. The van der Waals surface area contributed by atoms with Gasteiger partial charge in [-0.3, -0.25) is 9.69 Å². The Morgan fingerprint density at radius 1 is 1.16 bits per heavy atom. The van der Waals surface area contributed by atoms with Crippen molar-refractivity contribution in [2.75, 3.05) is 17.8 Å². The Hall–Kier alpha value is -2.70. The molecule has 0 amide bonds. The molecule has 2 aromatic carbocycles. The minimum absolute atomic E-state index is 0.0402. The van der Waals surface area contributed by atoms with Crippen LogP contribution in [0.15, 0.2) is 76.1 Å². The summed E-state index contributed by atoms with van der Waals surface area (Å²) in [6, 6.07) is 15.2. The van der Waals surface area contributed by atoms with Gasteiger partial charge in [0.1, 0.15) is 5.82 Å². The number of hydrogen-bond acceptors (Lipinski definition) is 6. The lowest BCUT2D eigenvalue weighted by Gasteiger charge is -2.40. The molecule has 4 rings (SSSR count). The molecule has 0 bridgehead atoms. The molecule has 0 radical (unpaired) electrons. The summed E-state index contributed by atoms with van der Waals surface area (Å²) < 4.78 is 5.40. The van der Waals surface area contributed by atoms with Gasteiger partial charge in [-0.05, 0) is 68.0 Å². The van der Waals surface area contributed by atoms with Crippen molar-refractivity contribution in [2.45, 2.75) is 37.0 Å². The van der Waals surface area contributed by atoms with E-state index in [0.717, 1.165) is 28.3 Å². The normalized spacial score (nSPS) is 18.7. The van der Waals surface area contributed by atoms with Crippen molar-refractivity contribution in [3.63, 3.8) is 0 Å². The van der Waals surface area contributed by atoms with Crippen LogP contribution in [0.5, 0.6) is 0 Å². The van der Waals surface area contributed by atoms with Crippen LogP contribution in [0.4, 0.5) is 5.69 Å². The number of halogens is 1. The molecule has 166 valence electrons. The molecule has 0 fully saturated rings. The maximum atomic E-state index is 13.3. The van der Waals surface area contributed by atoms with Crippen molar-refractivity contribution in [1.82, 2.24) is 0 Å². The molecule has 2 N–H and O–H groups in total. The third kappa shape index (κ3) is 4.05. The van der Waals surface area contributed by atoms with E-state index in [1.807, 2.05) is 47.6 Å². The molecule has 5 nitrogen and oxygen atoms in total. The molecule has 32 heavy (non-hydrogen) atoms. The number of ketones is 1. The number of thioether (sulfide) groups is 1. The summed E-state index contributed by atoms with van der Waals surface area (Å²) in [6.07, 6.45) is 3.89. The number of Topliss-reactive ketones (excluding diaryl/α,β-unsaturated/α-hetero) is 1. The van der Waals surface area contributed by atoms with Crippen molar-refractivity contribution in [1.29, 1.82) is 0 Å². The largest absolute Gasteiger partial charge is 0.463 e. The van der Waals surface area contributed by atoms with Gasteiger partial charge in [0, 0.05) is 33.3 Å². The van der Waals surface area contributed by atoms with Crippen LogP contribution in [-0.4, -0.2) is 24.6 Å². The highest BCUT2D eigenvalue weighted by Crippen LogP contribution is 2.47. The van der Waals surface area contributed by atoms with E-state index in [1.165, 1.54) is 0 Å². The quantitative estimate of drug-likeness (QED) is 0.467. The molecule has 0 saturated carbocycles. The second-order valence-electron chi connectivity index (χ2n) is 7.67. The van der Waals surface area contributed by atoms with Gasteiger partial charge in [0.2, 0.25) is 0 Å². The van der Waals surface area contributed by atoms with E-state index in [1.54, 1.807) is 30.8 Å². The maximum absolute atomic E-state index is 13.3. The van der Waals surface area contributed by atoms with Gasteiger partial charge in [0.25, 0.3) is 0 Å². The molecule has 1 unspecified atom stereocenters. The standard InChI is InChI=1S/C25H25ClN2O3S/c1-3-31-25(30)23-21(15-7-13-18(32-2)14-8-15)22-19(5-4-6-20(22)29)28(24(23)27)17-11-9-16(26)10-12-17/h7-14,21H,3-6,27H2,1-2H3. The molecule has 1 aliphatic carbocycles. The minimum Gasteiger partial charge on any atom is -0.463 e. The predicted octanol–water partition coefficient (Wildman–Crippen LogP) is 5.41. The Bertz CT molecular complexity index is 1110. The molecule has 0 spiro atoms. The highest BCUT2D eigenvalue weighted by molar-refractivity contribution is 7.98. The zero-order valence-electron chi connectivity index (χ0n) is 18.1. The van der Waals surface area contributed by atoms with Crippen LogP contribution in [0.3, 0.4) is 0 Å². The lowest BCUT2D eigenvalue weighted by Crippen LogP contribution is -2.41. The number of esters is 1. The number of nitrogens with zero attached hydrogens (tertiary/aromatic N) is 1. The van der Waals surface area contributed by atoms with Crippen LogP contribution < -0.4 is 10.6 Å². The van der Waals surface area contributed by atoms with Crippen LogP contribution in [-0.2, 0) is 14.3 Å². The number of rotatable bonds is 5. The van der Waals surface area contributed by atoms with Crippen molar-refractivity contribution in [3.8, 4) is 0 Å². The molecule has 1 heterocycles. The number of allylic oxidation sites excluding steroid dienone is 2. The van der Waals surface area contributed by atoms with Crippen molar-refractivity contribution in [2.24, 2.45) is 5.73 Å². The van der Waals surface area contributed by atoms with Crippen molar-refractivity contribution in [3.05, 3.63) is 81.8 Å². The first kappa shape index (κ1) is 22.5. The van der Waals surface area contributed by atoms with Crippen molar-refractivity contribution < 1.29 is 14.3 Å². The molecule has 1 atom stereocenters. The Labute approximate surface area is 197 Å². The summed E-state index contributed by atoms with van der Waals surface area (Å²) in [5.41, 5.74) is 10.1. The van der Waals surface area contributed by atoms with Gasteiger partial charge < -0.3 is 10.5 Å². The fourth-order valence-corrected chi connectivity index (χ4v) is 4.94. The first-order valence-corrected chi connectivity index (χ1v) is 12.2. The fraction of sp³-hybridized carbons (Fsp3) is 0.280. The van der Waals surface area contributed by atoms with E-state index >= 15 is 0 Å². The van der Waals surface area contributed by atoms with Gasteiger partial charge in [0.05, 0.1) is 18.1 Å². The third-order valence-corrected chi connectivity index (χ3v) is 6.82. The molecule has 0 aromatic heterocycles. The zero-order chi connectivity index (χ0) is 22.8. The lowest BCUT2D eigenvalue weighted by atomic mass is 9.75. The number of benzene rings is 2. The van der Waals surface area contributed by atoms with Gasteiger partial charge in [-0.15, -0.1) is 11.8 Å². The van der Waals surface area contributed by atoms with Crippen molar-refractivity contribution >= 4 is 40.8 Å². The summed E-state index contributed by atoms with van der Waals surface area (Å²) in [5, 5.41) is 0.597. The van der Waals surface area contributed by atoms with E-state index in [0.29, 0.717) is 29.0 Å². The Morgan fingerprint density at radius 2 is 1.84 bits per heavy atom. The van der Waals surface area contributed by atoms with Gasteiger partial charge in [-0.25, -0.2) is 4.79 Å². The Morgan fingerprint density at radius 3 is 2.47 bits per heavy atom. The molecule has 2 aliphatic rings. The van der Waals surface area contributed by atoms with Crippen LogP contribution in [0.1, 0.15) is 37.7 Å². The number of anilines is 1. The molecule has 0 saturated heterocycles. The van der Waals surface area contributed by atoms with Crippen LogP contribution in [0.2, 0.25) is 5.02 Å². The molecular formula is C25H25ClN2O3S. The van der Waals surface area contributed by atoms with E-state index < -0.39 is 11.9 Å². The summed E-state index contributed by atoms with van der Waals surface area (Å²) in [7, 11) is 0. The van der Waals surface area contributed by atoms with E-state index in [4.69, 9.17) is 22.1 Å². The summed E-state index contributed by atoms with van der Waals surface area (Å²) in [6.45, 7) is 1.97. The molecular weight excluding hydrogens is 444 g/mol. The number of ether oxygens (including phenoxy) is 1. The number of carbonyl (C=O) groups is 2. The van der Waals surface area contributed by atoms with Crippen LogP contribution in [0.25, 0.3) is 0 Å². The highest BCUT2D eigenvalue weighted by Gasteiger charge is 2.43. The molecule has 2 aromatic rings. The highest BCUT2D eigenvalue weighted by atomic mass is 35.5. The summed E-state index contributed by atoms with van der Waals surface area (Å²) in [5.74, 6) is -0.735. The smallest absolute Gasteiger partial charge is 0.338 e. The van der Waals surface area contributed by atoms with E-state index in [-0.39, 0.29) is 18.2 Å². The third-order valence-electron chi connectivity index (χ3n) is 5.82. The zero-order valence-corrected chi connectivity index (χ0v) is 19.6. The first-order chi connectivity index (χ1) is 15.5. The predicted molar refractivity (Wildman–Crippen MR) is 129 cm³/mol. The first-order valence-electron chi connectivity index (χ1n) is 10.6. The van der Waals surface area contributed by atoms with Crippen LogP contribution >= 0.6 is 23.4 Å². The van der Waals surface area contributed by atoms with Crippen LogP contribution in [0, 0.1) is 0 Å². The second-order valence-corrected chi connectivity index (χ2v) is 8.99. The van der Waals surface area contributed by atoms with Gasteiger partial charge >= 0.3 is 5.97 Å². The topological polar surface area (TPSA) is 72.6 Å². The maximum Gasteiger partial charge on any atom is 0.338 e. The van der Waals surface area contributed by atoms with Gasteiger partial charge in [0.15, 0.2) is 5.78 Å². The average Bonchev–Trinajstić information content (AvgIpc) is 2.79. The Balaban J connectivity index is 1.96. The SMILES string of the molecule is CCOC(=O)C1=C(N)N(c2ccc(Cl)cc2)C2=C(C(=O)CCC2)C1c1ccc(SC)cc1. The monoisotopic (exact) mass is 468 g/mol. The second kappa shape index (κ2) is 9.43. The van der Waals surface area contributed by atoms with Gasteiger partial charge in [-0.2, -0.15) is 0 Å². The Kier molecular flexibility index (Phi) is 6.63. The number of carbonyl (C=O) groups excluding carboxylic acids is 2.